The fourth-order valence-electron chi connectivity index (χ4n) is 0.878. The Bertz CT molecular complexity index is 92.6. The van der Waals surface area contributed by atoms with Crippen molar-refractivity contribution in [2.24, 2.45) is 0 Å². The average molecular weight is 221 g/mol. The first kappa shape index (κ1) is 6.83. The molecule has 1 rings (SSSR count). The van der Waals surface area contributed by atoms with Gasteiger partial charge in [0, 0.05) is 0 Å². The van der Waals surface area contributed by atoms with Crippen LogP contribution in [0.3, 0.4) is 0 Å². The Labute approximate surface area is 56.0 Å². The van der Waals surface area contributed by atoms with Gasteiger partial charge in [-0.3, -0.25) is 0 Å². The molecule has 0 radical (unpaired) electrons. The molecule has 1 fully saturated rings. The number of hydrogen-bond acceptors (Lipinski definition) is 2. The van der Waals surface area contributed by atoms with E-state index in [4.69, 9.17) is 0 Å². The molecule has 1 aliphatic rings. The molecular weight excluding hydrogens is 207 g/mol. The Morgan fingerprint density at radius 3 is 1.50 bits per heavy atom. The van der Waals surface area contributed by atoms with Crippen molar-refractivity contribution in [3.8, 4) is 0 Å². The molecule has 0 aromatic carbocycles. The summed E-state index contributed by atoms with van der Waals surface area (Å²) in [5.74, 6) is 0. The Balaban J connectivity index is 2.52. The van der Waals surface area contributed by atoms with Crippen LogP contribution in [0.5, 0.6) is 0 Å². The van der Waals surface area contributed by atoms with E-state index in [0.717, 1.165) is 0 Å². The van der Waals surface area contributed by atoms with E-state index in [1.54, 1.807) is 0 Å². The first-order valence-corrected chi connectivity index (χ1v) is 11.2. The summed E-state index contributed by atoms with van der Waals surface area (Å²) in [4.78, 5) is 4.86. The Morgan fingerprint density at radius 2 is 1.50 bits per heavy atom. The maximum atomic E-state index is 2.52. The molecule has 0 saturated carbocycles. The summed E-state index contributed by atoms with van der Waals surface area (Å²) in [5.41, 5.74) is 0. The number of hydrogen-bond donors (Lipinski definition) is 0. The van der Waals surface area contributed by atoms with Crippen molar-refractivity contribution >= 4 is 18.9 Å². The van der Waals surface area contributed by atoms with Crippen molar-refractivity contribution in [1.82, 2.24) is 6.24 Å². The van der Waals surface area contributed by atoms with Crippen molar-refractivity contribution < 1.29 is 0 Å². The van der Waals surface area contributed by atoms with Gasteiger partial charge in [-0.2, -0.15) is 0 Å². The monoisotopic (exact) mass is 222 g/mol. The molecule has 8 heavy (non-hydrogen) atoms. The van der Waals surface area contributed by atoms with Crippen molar-refractivity contribution in [2.45, 2.75) is 9.88 Å². The zero-order chi connectivity index (χ0) is 6.36. The maximum absolute atomic E-state index is 2.52. The molecule has 1 saturated heterocycles. The van der Waals surface area contributed by atoms with Gasteiger partial charge >= 0.3 is 55.8 Å². The predicted molar refractivity (Wildman–Crippen MR) is 37.9 cm³/mol. The van der Waals surface area contributed by atoms with Gasteiger partial charge < -0.3 is 0 Å². The van der Waals surface area contributed by atoms with Crippen LogP contribution in [0.15, 0.2) is 0 Å². The second-order valence-electron chi connectivity index (χ2n) is 3.03. The topological polar surface area (TPSA) is 6.48 Å². The first-order chi connectivity index (χ1) is 3.55. The van der Waals surface area contributed by atoms with Gasteiger partial charge in [0.15, 0.2) is 0 Å². The van der Waals surface area contributed by atoms with Gasteiger partial charge in [-0.1, -0.05) is 0 Å². The Kier molecular flexibility index (Phi) is 1.58. The molecule has 1 aliphatic heterocycles. The molecule has 0 atom stereocenters. The quantitative estimate of drug-likeness (QED) is 0.550. The van der Waals surface area contributed by atoms with Crippen LogP contribution >= 0.6 is 0 Å². The van der Waals surface area contributed by atoms with Crippen LogP contribution in [0.4, 0.5) is 0 Å². The predicted octanol–water partition coefficient (Wildman–Crippen LogP) is 0.523. The third-order valence-electron chi connectivity index (χ3n) is 2.29. The van der Waals surface area contributed by atoms with E-state index in [1.165, 1.54) is 6.67 Å². The molecule has 1 heterocycles. The first-order valence-electron chi connectivity index (χ1n) is 2.97. The van der Waals surface area contributed by atoms with E-state index in [9.17, 15) is 0 Å². The van der Waals surface area contributed by atoms with E-state index >= 15 is 0 Å². The van der Waals surface area contributed by atoms with E-state index in [2.05, 4.69) is 30.2 Å². The molecule has 2 nitrogen and oxygen atoms in total. The molecule has 0 spiro atoms. The molecule has 0 amide bonds. The van der Waals surface area contributed by atoms with Gasteiger partial charge in [-0.25, -0.2) is 0 Å². The average Bonchev–Trinajstić information content (AvgIpc) is 1.68. The molecule has 0 aromatic heterocycles. The van der Waals surface area contributed by atoms with Crippen LogP contribution in [0.2, 0.25) is 9.88 Å². The Hall–Kier alpha value is 0.719. The molecule has 0 aromatic rings. The van der Waals surface area contributed by atoms with Crippen molar-refractivity contribution in [3.63, 3.8) is 0 Å². The molecular formula is C5H14N2Sn. The van der Waals surface area contributed by atoms with Crippen LogP contribution in [-0.2, 0) is 0 Å². The third-order valence-corrected chi connectivity index (χ3v) is 13.8. The Morgan fingerprint density at radius 1 is 1.12 bits per heavy atom. The van der Waals surface area contributed by atoms with Gasteiger partial charge in [-0.15, -0.1) is 0 Å². The SMILES string of the molecule is C[N]1C[N](C)[Sn]1([CH3])[CH3]. The summed E-state index contributed by atoms with van der Waals surface area (Å²) in [6.45, 7) is 1.20. The van der Waals surface area contributed by atoms with Crippen molar-refractivity contribution in [3.05, 3.63) is 0 Å². The summed E-state index contributed by atoms with van der Waals surface area (Å²) in [6.07, 6.45) is 0. The minimum absolute atomic E-state index is 1.20. The van der Waals surface area contributed by atoms with Crippen LogP contribution in [0.25, 0.3) is 0 Å². The fraction of sp³-hybridized carbons (Fsp3) is 1.00. The van der Waals surface area contributed by atoms with Crippen LogP contribution in [0.1, 0.15) is 0 Å². The number of nitrogens with zero attached hydrogens (tertiary/aromatic N) is 2. The molecule has 0 N–H and O–H groups in total. The minimum atomic E-state index is -1.65. The van der Waals surface area contributed by atoms with Gasteiger partial charge in [0.2, 0.25) is 0 Å². The van der Waals surface area contributed by atoms with Crippen LogP contribution in [-0.4, -0.2) is 45.9 Å². The number of rotatable bonds is 0. The normalized spacial score (nSPS) is 30.0. The van der Waals surface area contributed by atoms with Crippen molar-refractivity contribution in [2.75, 3.05) is 20.8 Å². The zero-order valence-corrected chi connectivity index (χ0v) is 8.96. The van der Waals surface area contributed by atoms with E-state index in [-0.39, 0.29) is 0 Å². The zero-order valence-electron chi connectivity index (χ0n) is 6.10. The molecule has 0 unspecified atom stereocenters. The van der Waals surface area contributed by atoms with Gasteiger partial charge in [-0.05, 0) is 0 Å². The summed E-state index contributed by atoms with van der Waals surface area (Å²) >= 11 is -1.65. The van der Waals surface area contributed by atoms with Crippen molar-refractivity contribution in [1.29, 1.82) is 0 Å². The van der Waals surface area contributed by atoms with E-state index < -0.39 is 18.9 Å². The molecule has 0 aliphatic carbocycles. The van der Waals surface area contributed by atoms with E-state index in [0.29, 0.717) is 0 Å². The third kappa shape index (κ3) is 0.786. The summed E-state index contributed by atoms with van der Waals surface area (Å²) in [7, 11) is 4.46. The molecule has 48 valence electrons. The van der Waals surface area contributed by atoms with Gasteiger partial charge in [0.25, 0.3) is 0 Å². The standard InChI is InChI=1S/C3H8N2.2CH3.Sn/c1-4-3-5-2;;;/h3H2,1-2H3;2*1H3;/q-2;;;+2. The molecule has 3 heteroatoms. The molecule has 0 bridgehead atoms. The van der Waals surface area contributed by atoms with Gasteiger partial charge in [0.1, 0.15) is 0 Å². The second-order valence-corrected chi connectivity index (χ2v) is 15.9. The summed E-state index contributed by atoms with van der Waals surface area (Å²) in [5, 5.41) is 0. The summed E-state index contributed by atoms with van der Waals surface area (Å²) in [6, 6.07) is 0. The summed E-state index contributed by atoms with van der Waals surface area (Å²) < 4.78 is 5.04. The fourth-order valence-corrected chi connectivity index (χ4v) is 5.08. The van der Waals surface area contributed by atoms with Crippen LogP contribution < -0.4 is 0 Å². The van der Waals surface area contributed by atoms with Crippen LogP contribution in [0, 0.1) is 0 Å². The van der Waals surface area contributed by atoms with E-state index in [1.807, 2.05) is 0 Å². The second kappa shape index (κ2) is 1.85. The van der Waals surface area contributed by atoms with Gasteiger partial charge in [0.05, 0.1) is 0 Å².